The first-order valence-corrected chi connectivity index (χ1v) is 9.58. The van der Waals surface area contributed by atoms with Crippen LogP contribution in [0.25, 0.3) is 21.1 Å². The van der Waals surface area contributed by atoms with Crippen molar-refractivity contribution in [1.29, 1.82) is 0 Å². The van der Waals surface area contributed by atoms with Crippen molar-refractivity contribution in [3.05, 3.63) is 48.2 Å². The Bertz CT molecular complexity index is 1180. The number of carbonyl (C=O) groups excluding carboxylic acids is 2. The van der Waals surface area contributed by atoms with E-state index >= 15 is 0 Å². The van der Waals surface area contributed by atoms with Crippen molar-refractivity contribution in [2.24, 2.45) is 0 Å². The minimum absolute atomic E-state index is 0.176. The number of fused-ring (bicyclic) bond motifs is 2. The Kier molecular flexibility index (Phi) is 5.05. The van der Waals surface area contributed by atoms with Gasteiger partial charge < -0.3 is 25.1 Å². The number of hydrogen-bond donors (Lipinski definition) is 3. The molecule has 0 aliphatic heterocycles. The number of hydrogen-bond acceptors (Lipinski definition) is 6. The highest BCUT2D eigenvalue weighted by Gasteiger charge is 2.16. The van der Waals surface area contributed by atoms with Crippen LogP contribution < -0.4 is 20.1 Å². The van der Waals surface area contributed by atoms with Crippen LogP contribution >= 0.6 is 11.3 Å². The molecule has 2 aromatic heterocycles. The molecule has 3 N–H and O–H groups in total. The lowest BCUT2D eigenvalue weighted by Gasteiger charge is -2.07. The summed E-state index contributed by atoms with van der Waals surface area (Å²) in [6.45, 7) is -0.176. The number of carbonyl (C=O) groups is 2. The van der Waals surface area contributed by atoms with Gasteiger partial charge in [-0.25, -0.2) is 4.98 Å². The highest BCUT2D eigenvalue weighted by atomic mass is 32.1. The second-order valence-electron chi connectivity index (χ2n) is 6.16. The lowest BCUT2D eigenvalue weighted by Crippen LogP contribution is -2.33. The third kappa shape index (κ3) is 3.72. The molecule has 148 valence electrons. The second kappa shape index (κ2) is 7.80. The van der Waals surface area contributed by atoms with Gasteiger partial charge in [0, 0.05) is 5.39 Å². The molecule has 0 fully saturated rings. The lowest BCUT2D eigenvalue weighted by molar-refractivity contribution is -0.115. The average Bonchev–Trinajstić information content (AvgIpc) is 3.34. The molecular weight excluding hydrogens is 392 g/mol. The maximum absolute atomic E-state index is 12.5. The molecule has 0 radical (unpaired) electrons. The molecule has 0 saturated carbocycles. The van der Waals surface area contributed by atoms with Crippen LogP contribution in [-0.2, 0) is 4.79 Å². The van der Waals surface area contributed by atoms with Crippen molar-refractivity contribution in [3.8, 4) is 11.5 Å². The number of methoxy groups -OCH3 is 2. The smallest absolute Gasteiger partial charge is 0.268 e. The number of benzene rings is 2. The van der Waals surface area contributed by atoms with Gasteiger partial charge in [0.2, 0.25) is 5.91 Å². The third-order valence-electron chi connectivity index (χ3n) is 4.34. The molecule has 0 atom stereocenters. The van der Waals surface area contributed by atoms with Crippen molar-refractivity contribution >= 4 is 49.4 Å². The summed E-state index contributed by atoms with van der Waals surface area (Å²) in [6, 6.07) is 12.8. The molecule has 0 aliphatic rings. The quantitative estimate of drug-likeness (QED) is 0.453. The van der Waals surface area contributed by atoms with Gasteiger partial charge in [-0.2, -0.15) is 0 Å². The van der Waals surface area contributed by atoms with Crippen molar-refractivity contribution < 1.29 is 19.1 Å². The summed E-state index contributed by atoms with van der Waals surface area (Å²) in [5, 5.41) is 6.52. The fourth-order valence-corrected chi connectivity index (χ4v) is 3.88. The minimum atomic E-state index is -0.401. The Morgan fingerprint density at radius 1 is 1.14 bits per heavy atom. The van der Waals surface area contributed by atoms with Crippen molar-refractivity contribution in [2.45, 2.75) is 0 Å². The van der Waals surface area contributed by atoms with Crippen molar-refractivity contribution in [3.63, 3.8) is 0 Å². The van der Waals surface area contributed by atoms with Crippen LogP contribution in [0.4, 0.5) is 5.13 Å². The molecule has 0 spiro atoms. The first-order valence-electron chi connectivity index (χ1n) is 8.76. The largest absolute Gasteiger partial charge is 0.493 e. The van der Waals surface area contributed by atoms with Gasteiger partial charge in [0.1, 0.15) is 5.69 Å². The highest BCUT2D eigenvalue weighted by Crippen LogP contribution is 2.35. The zero-order valence-electron chi connectivity index (χ0n) is 15.7. The maximum atomic E-state index is 12.5. The molecule has 4 aromatic rings. The van der Waals surface area contributed by atoms with E-state index in [9.17, 15) is 9.59 Å². The summed E-state index contributed by atoms with van der Waals surface area (Å²) in [6.07, 6.45) is 0. The standard InChI is InChI=1S/C20H18N4O4S/c1-27-15-8-7-12-11(18(15)28-2)9-14(22-12)19(26)21-10-17(25)24-20-23-13-5-3-4-6-16(13)29-20/h3-9,22H,10H2,1-2H3,(H,21,26)(H,23,24,25). The van der Waals surface area contributed by atoms with Crippen LogP contribution in [0.3, 0.4) is 0 Å². The van der Waals surface area contributed by atoms with E-state index in [1.54, 1.807) is 25.3 Å². The topological polar surface area (TPSA) is 105 Å². The summed E-state index contributed by atoms with van der Waals surface area (Å²) in [5.74, 6) is 0.351. The number of aromatic nitrogens is 2. The van der Waals surface area contributed by atoms with Gasteiger partial charge in [0.15, 0.2) is 16.6 Å². The lowest BCUT2D eigenvalue weighted by atomic mass is 10.2. The van der Waals surface area contributed by atoms with Gasteiger partial charge in [-0.05, 0) is 30.3 Å². The predicted molar refractivity (Wildman–Crippen MR) is 112 cm³/mol. The van der Waals surface area contributed by atoms with Gasteiger partial charge in [0.05, 0.1) is 36.5 Å². The van der Waals surface area contributed by atoms with E-state index in [4.69, 9.17) is 9.47 Å². The Balaban J connectivity index is 1.43. The first kappa shape index (κ1) is 18.8. The predicted octanol–water partition coefficient (Wildman–Crippen LogP) is 3.16. The van der Waals surface area contributed by atoms with E-state index in [-0.39, 0.29) is 12.5 Å². The van der Waals surface area contributed by atoms with E-state index in [0.29, 0.717) is 22.3 Å². The fourth-order valence-electron chi connectivity index (χ4n) is 3.00. The molecule has 0 aliphatic carbocycles. The first-order chi connectivity index (χ1) is 14.1. The number of rotatable bonds is 6. The van der Waals surface area contributed by atoms with Crippen LogP contribution in [0.2, 0.25) is 0 Å². The van der Waals surface area contributed by atoms with Gasteiger partial charge in [0.25, 0.3) is 5.91 Å². The summed E-state index contributed by atoms with van der Waals surface area (Å²) in [7, 11) is 3.09. The van der Waals surface area contributed by atoms with E-state index in [1.807, 2.05) is 24.3 Å². The summed E-state index contributed by atoms with van der Waals surface area (Å²) in [5.41, 5.74) is 1.87. The molecule has 9 heteroatoms. The number of nitrogens with zero attached hydrogens (tertiary/aromatic N) is 1. The van der Waals surface area contributed by atoms with Crippen molar-refractivity contribution in [2.75, 3.05) is 26.1 Å². The Morgan fingerprint density at radius 2 is 1.97 bits per heavy atom. The summed E-state index contributed by atoms with van der Waals surface area (Å²) < 4.78 is 11.6. The molecule has 0 saturated heterocycles. The number of amides is 2. The molecule has 0 unspecified atom stereocenters. The molecule has 2 heterocycles. The van der Waals surface area contributed by atoms with Crippen LogP contribution in [0.5, 0.6) is 11.5 Å². The van der Waals surface area contributed by atoms with Gasteiger partial charge in [-0.15, -0.1) is 0 Å². The monoisotopic (exact) mass is 410 g/mol. The van der Waals surface area contributed by atoms with Crippen LogP contribution in [0.1, 0.15) is 10.5 Å². The van der Waals surface area contributed by atoms with Crippen LogP contribution in [0.15, 0.2) is 42.5 Å². The third-order valence-corrected chi connectivity index (χ3v) is 5.29. The van der Waals surface area contributed by atoms with E-state index in [0.717, 1.165) is 21.1 Å². The molecule has 4 rings (SSSR count). The minimum Gasteiger partial charge on any atom is -0.493 e. The normalized spacial score (nSPS) is 10.8. The number of ether oxygens (including phenoxy) is 2. The Morgan fingerprint density at radius 3 is 2.72 bits per heavy atom. The van der Waals surface area contributed by atoms with Crippen LogP contribution in [-0.4, -0.2) is 42.5 Å². The number of anilines is 1. The van der Waals surface area contributed by atoms with Crippen LogP contribution in [0, 0.1) is 0 Å². The number of para-hydroxylation sites is 1. The number of aromatic amines is 1. The molecule has 29 heavy (non-hydrogen) atoms. The van der Waals surface area contributed by atoms with E-state index in [2.05, 4.69) is 20.6 Å². The van der Waals surface area contributed by atoms with Gasteiger partial charge >= 0.3 is 0 Å². The molecule has 0 bridgehead atoms. The summed E-state index contributed by atoms with van der Waals surface area (Å²) in [4.78, 5) is 32.0. The molecule has 8 nitrogen and oxygen atoms in total. The average molecular weight is 410 g/mol. The highest BCUT2D eigenvalue weighted by molar-refractivity contribution is 7.22. The Labute approximate surface area is 169 Å². The molecular formula is C20H18N4O4S. The van der Waals surface area contributed by atoms with Gasteiger partial charge in [-0.3, -0.25) is 9.59 Å². The van der Waals surface area contributed by atoms with Gasteiger partial charge in [-0.1, -0.05) is 23.5 Å². The zero-order valence-corrected chi connectivity index (χ0v) is 16.6. The molecule has 2 amide bonds. The number of H-pyrrole nitrogens is 1. The maximum Gasteiger partial charge on any atom is 0.268 e. The number of nitrogens with one attached hydrogen (secondary N) is 3. The SMILES string of the molecule is COc1ccc2[nH]c(C(=O)NCC(=O)Nc3nc4ccccc4s3)cc2c1OC. The van der Waals surface area contributed by atoms with E-state index in [1.165, 1.54) is 18.4 Å². The zero-order chi connectivity index (χ0) is 20.4. The van der Waals surface area contributed by atoms with E-state index < -0.39 is 5.91 Å². The number of thiazole rings is 1. The fraction of sp³-hybridized carbons (Fsp3) is 0.150. The molecule has 2 aromatic carbocycles. The van der Waals surface area contributed by atoms with Crippen molar-refractivity contribution in [1.82, 2.24) is 15.3 Å². The Hall–Kier alpha value is -3.59. The summed E-state index contributed by atoms with van der Waals surface area (Å²) >= 11 is 1.38. The second-order valence-corrected chi connectivity index (χ2v) is 7.19.